The Morgan fingerprint density at radius 3 is 2.89 bits per heavy atom. The lowest BCUT2D eigenvalue weighted by Crippen LogP contribution is -2.28. The molecule has 0 radical (unpaired) electrons. The Balaban J connectivity index is 2.02. The quantitative estimate of drug-likeness (QED) is 0.851. The van der Waals surface area contributed by atoms with Crippen LogP contribution in [0.5, 0.6) is 0 Å². The Kier molecular flexibility index (Phi) is 3.28. The Morgan fingerprint density at radius 2 is 2.21 bits per heavy atom. The number of amides is 1. The number of nitrogens with zero attached hydrogens (tertiary/aromatic N) is 2. The summed E-state index contributed by atoms with van der Waals surface area (Å²) in [5.41, 5.74) is 0.534. The van der Waals surface area contributed by atoms with Gasteiger partial charge >= 0.3 is 0 Å². The van der Waals surface area contributed by atoms with E-state index in [-0.39, 0.29) is 17.1 Å². The van der Waals surface area contributed by atoms with Crippen LogP contribution in [0.3, 0.4) is 0 Å². The highest BCUT2D eigenvalue weighted by Crippen LogP contribution is 2.43. The molecule has 3 rings (SSSR count). The molecule has 6 heteroatoms. The van der Waals surface area contributed by atoms with Gasteiger partial charge in [-0.25, -0.2) is 9.37 Å². The lowest BCUT2D eigenvalue weighted by molar-refractivity contribution is -0.115. The summed E-state index contributed by atoms with van der Waals surface area (Å²) in [6, 6.07) is 6.58. The molecule has 0 spiro atoms. The van der Waals surface area contributed by atoms with Crippen LogP contribution in [-0.2, 0) is 4.79 Å². The van der Waals surface area contributed by atoms with E-state index in [0.29, 0.717) is 16.4 Å². The fourth-order valence-electron chi connectivity index (χ4n) is 1.99. The summed E-state index contributed by atoms with van der Waals surface area (Å²) in [6.45, 7) is 1.94. The second kappa shape index (κ2) is 4.94. The zero-order valence-electron chi connectivity index (χ0n) is 10.2. The van der Waals surface area contributed by atoms with Crippen LogP contribution >= 0.6 is 23.1 Å². The second-order valence-corrected chi connectivity index (χ2v) is 6.48. The molecule has 2 heterocycles. The normalized spacial score (nSPS) is 19.2. The van der Waals surface area contributed by atoms with E-state index in [1.807, 2.05) is 6.92 Å². The maximum absolute atomic E-state index is 13.9. The SMILES string of the molecule is Cc1cnc(N2C(=O)CS[C@@H]2c2ccccc2F)s1. The molecule has 1 saturated heterocycles. The number of carbonyl (C=O) groups is 1. The van der Waals surface area contributed by atoms with Gasteiger partial charge in [0.05, 0.1) is 5.75 Å². The number of halogens is 1. The van der Waals surface area contributed by atoms with Gasteiger partial charge in [0.2, 0.25) is 5.91 Å². The number of benzene rings is 1. The van der Waals surface area contributed by atoms with Crippen molar-refractivity contribution in [2.75, 3.05) is 10.7 Å². The van der Waals surface area contributed by atoms with Crippen LogP contribution in [0, 0.1) is 12.7 Å². The summed E-state index contributed by atoms with van der Waals surface area (Å²) in [5.74, 6) is 0.0537. The van der Waals surface area contributed by atoms with Gasteiger partial charge in [-0.05, 0) is 13.0 Å². The number of aromatic nitrogens is 1. The van der Waals surface area contributed by atoms with Crippen LogP contribution < -0.4 is 4.90 Å². The van der Waals surface area contributed by atoms with Gasteiger partial charge in [-0.2, -0.15) is 0 Å². The number of anilines is 1. The van der Waals surface area contributed by atoms with Gasteiger partial charge in [0.1, 0.15) is 11.2 Å². The van der Waals surface area contributed by atoms with E-state index in [1.165, 1.54) is 29.2 Å². The van der Waals surface area contributed by atoms with Gasteiger partial charge in [0.25, 0.3) is 0 Å². The van der Waals surface area contributed by atoms with E-state index >= 15 is 0 Å². The summed E-state index contributed by atoms with van der Waals surface area (Å²) in [6.07, 6.45) is 1.73. The van der Waals surface area contributed by atoms with Gasteiger partial charge in [-0.1, -0.05) is 18.2 Å². The zero-order chi connectivity index (χ0) is 13.4. The van der Waals surface area contributed by atoms with Gasteiger partial charge < -0.3 is 0 Å². The number of thiazole rings is 1. The predicted molar refractivity (Wildman–Crippen MR) is 75.9 cm³/mol. The maximum Gasteiger partial charge on any atom is 0.240 e. The van der Waals surface area contributed by atoms with Crippen molar-refractivity contribution >= 4 is 34.1 Å². The minimum atomic E-state index is -0.320. The Morgan fingerprint density at radius 1 is 1.42 bits per heavy atom. The Labute approximate surface area is 118 Å². The minimum Gasteiger partial charge on any atom is -0.273 e. The first-order valence-corrected chi connectivity index (χ1v) is 7.64. The number of hydrogen-bond acceptors (Lipinski definition) is 4. The van der Waals surface area contributed by atoms with E-state index in [2.05, 4.69) is 4.98 Å². The van der Waals surface area contributed by atoms with Crippen LogP contribution in [0.25, 0.3) is 0 Å². The molecule has 19 heavy (non-hydrogen) atoms. The summed E-state index contributed by atoms with van der Waals surface area (Å²) < 4.78 is 13.9. The molecule has 1 atom stereocenters. The van der Waals surface area contributed by atoms with Crippen LogP contribution in [0.15, 0.2) is 30.5 Å². The topological polar surface area (TPSA) is 33.2 Å². The first kappa shape index (κ1) is 12.6. The molecule has 1 amide bonds. The van der Waals surface area contributed by atoms with Crippen molar-refractivity contribution in [3.05, 3.63) is 46.7 Å². The largest absolute Gasteiger partial charge is 0.273 e. The lowest BCUT2D eigenvalue weighted by atomic mass is 10.2. The van der Waals surface area contributed by atoms with Crippen molar-refractivity contribution in [2.45, 2.75) is 12.3 Å². The molecule has 1 aliphatic rings. The highest BCUT2D eigenvalue weighted by Gasteiger charge is 2.36. The maximum atomic E-state index is 13.9. The zero-order valence-corrected chi connectivity index (χ0v) is 11.8. The van der Waals surface area contributed by atoms with Crippen LogP contribution in [0.4, 0.5) is 9.52 Å². The number of carbonyl (C=O) groups excluding carboxylic acids is 1. The standard InChI is InChI=1S/C13H11FN2OS2/c1-8-6-15-13(19-8)16-11(17)7-18-12(16)9-4-2-3-5-10(9)14/h2-6,12H,7H2,1H3/t12-/m1/s1. The summed E-state index contributed by atoms with van der Waals surface area (Å²) in [7, 11) is 0. The predicted octanol–water partition coefficient (Wildman–Crippen LogP) is 3.37. The third-order valence-electron chi connectivity index (χ3n) is 2.85. The van der Waals surface area contributed by atoms with Crippen LogP contribution in [0.1, 0.15) is 15.8 Å². The molecule has 0 saturated carbocycles. The fourth-order valence-corrected chi connectivity index (χ4v) is 4.04. The summed E-state index contributed by atoms with van der Waals surface area (Å²) in [5, 5.41) is 0.319. The Bertz CT molecular complexity index is 629. The molecule has 0 N–H and O–H groups in total. The molecule has 1 aliphatic heterocycles. The highest BCUT2D eigenvalue weighted by atomic mass is 32.2. The van der Waals surface area contributed by atoms with E-state index in [9.17, 15) is 9.18 Å². The molecular formula is C13H11FN2OS2. The molecule has 1 fully saturated rings. The van der Waals surface area contributed by atoms with Crippen molar-refractivity contribution < 1.29 is 9.18 Å². The second-order valence-electron chi connectivity index (χ2n) is 4.20. The third-order valence-corrected chi connectivity index (χ3v) is 4.96. The average molecular weight is 294 g/mol. The van der Waals surface area contributed by atoms with E-state index in [0.717, 1.165) is 4.88 Å². The van der Waals surface area contributed by atoms with Crippen molar-refractivity contribution in [3.63, 3.8) is 0 Å². The molecule has 98 valence electrons. The first-order chi connectivity index (χ1) is 9.16. The monoisotopic (exact) mass is 294 g/mol. The summed E-state index contributed by atoms with van der Waals surface area (Å²) >= 11 is 2.88. The average Bonchev–Trinajstić information content (AvgIpc) is 2.96. The molecule has 1 aromatic carbocycles. The number of rotatable bonds is 2. The number of hydrogen-bond donors (Lipinski definition) is 0. The molecule has 0 aliphatic carbocycles. The third kappa shape index (κ3) is 2.26. The molecule has 3 nitrogen and oxygen atoms in total. The molecule has 0 bridgehead atoms. The number of thioether (sulfide) groups is 1. The lowest BCUT2D eigenvalue weighted by Gasteiger charge is -2.21. The van der Waals surface area contributed by atoms with Crippen molar-refractivity contribution in [1.29, 1.82) is 0 Å². The van der Waals surface area contributed by atoms with Gasteiger partial charge in [0.15, 0.2) is 5.13 Å². The van der Waals surface area contributed by atoms with Gasteiger partial charge in [0, 0.05) is 16.6 Å². The molecule has 2 aromatic rings. The molecule has 1 aromatic heterocycles. The summed E-state index contributed by atoms with van der Waals surface area (Å²) in [4.78, 5) is 18.9. The van der Waals surface area contributed by atoms with Crippen molar-refractivity contribution in [2.24, 2.45) is 0 Å². The number of aryl methyl sites for hydroxylation is 1. The molecule has 0 unspecified atom stereocenters. The minimum absolute atomic E-state index is 0.0207. The van der Waals surface area contributed by atoms with E-state index < -0.39 is 0 Å². The molecular weight excluding hydrogens is 283 g/mol. The Hall–Kier alpha value is -1.40. The van der Waals surface area contributed by atoms with E-state index in [4.69, 9.17) is 0 Å². The first-order valence-electron chi connectivity index (χ1n) is 5.77. The van der Waals surface area contributed by atoms with Gasteiger partial charge in [-0.15, -0.1) is 23.1 Å². The van der Waals surface area contributed by atoms with Crippen molar-refractivity contribution in [3.8, 4) is 0 Å². The van der Waals surface area contributed by atoms with Gasteiger partial charge in [-0.3, -0.25) is 9.69 Å². The smallest absolute Gasteiger partial charge is 0.240 e. The van der Waals surface area contributed by atoms with Crippen molar-refractivity contribution in [1.82, 2.24) is 4.98 Å². The van der Waals surface area contributed by atoms with E-state index in [1.54, 1.807) is 29.3 Å². The highest BCUT2D eigenvalue weighted by molar-refractivity contribution is 8.00. The van der Waals surface area contributed by atoms with Crippen LogP contribution in [-0.4, -0.2) is 16.6 Å². The van der Waals surface area contributed by atoms with Crippen LogP contribution in [0.2, 0.25) is 0 Å². The fraction of sp³-hybridized carbons (Fsp3) is 0.231.